The summed E-state index contributed by atoms with van der Waals surface area (Å²) in [5.74, 6) is 0. The van der Waals surface area contributed by atoms with Gasteiger partial charge in [-0.2, -0.15) is 0 Å². The summed E-state index contributed by atoms with van der Waals surface area (Å²) in [5.41, 5.74) is 6.62. The van der Waals surface area contributed by atoms with Crippen molar-refractivity contribution in [2.75, 3.05) is 0 Å². The first kappa shape index (κ1) is 9.71. The normalized spacial score (nSPS) is 10.8. The predicted molar refractivity (Wildman–Crippen MR) is 59.7 cm³/mol. The van der Waals surface area contributed by atoms with E-state index in [1.54, 1.807) is 12.3 Å². The molecule has 0 saturated heterocycles. The van der Waals surface area contributed by atoms with E-state index < -0.39 is 0 Å². The van der Waals surface area contributed by atoms with Crippen molar-refractivity contribution in [1.29, 1.82) is 0 Å². The van der Waals surface area contributed by atoms with Crippen molar-refractivity contribution in [3.63, 3.8) is 0 Å². The Morgan fingerprint density at radius 3 is 2.71 bits per heavy atom. The van der Waals surface area contributed by atoms with Gasteiger partial charge in [-0.15, -0.1) is 0 Å². The van der Waals surface area contributed by atoms with Gasteiger partial charge in [0.1, 0.15) is 5.15 Å². The lowest BCUT2D eigenvalue weighted by atomic mass is 10.1. The van der Waals surface area contributed by atoms with Crippen molar-refractivity contribution < 1.29 is 0 Å². The number of pyridine rings is 1. The van der Waals surface area contributed by atoms with Crippen LogP contribution in [0.3, 0.4) is 0 Å². The molecule has 4 heteroatoms. The standard InChI is InChI=1S/C10H8Cl2N2/c11-9-2-1-6(4-13)8-5-14-10(12)3-7(8)9/h1-3,5H,4,13H2. The van der Waals surface area contributed by atoms with Crippen LogP contribution in [0.15, 0.2) is 24.4 Å². The Balaban J connectivity index is 2.84. The fourth-order valence-electron chi connectivity index (χ4n) is 1.41. The van der Waals surface area contributed by atoms with Crippen LogP contribution in [-0.4, -0.2) is 4.98 Å². The molecule has 0 spiro atoms. The molecule has 2 nitrogen and oxygen atoms in total. The first-order valence-electron chi connectivity index (χ1n) is 4.15. The number of rotatable bonds is 1. The molecule has 1 aromatic carbocycles. The molecule has 0 atom stereocenters. The number of benzene rings is 1. The van der Waals surface area contributed by atoms with Crippen molar-refractivity contribution in [3.05, 3.63) is 40.1 Å². The average Bonchev–Trinajstić information content (AvgIpc) is 2.19. The lowest BCUT2D eigenvalue weighted by molar-refractivity contribution is 1.08. The monoisotopic (exact) mass is 226 g/mol. The summed E-state index contributed by atoms with van der Waals surface area (Å²) in [4.78, 5) is 4.01. The highest BCUT2D eigenvalue weighted by atomic mass is 35.5. The molecule has 0 unspecified atom stereocenters. The Bertz CT molecular complexity index is 483. The van der Waals surface area contributed by atoms with Gasteiger partial charge in [-0.05, 0) is 17.7 Å². The van der Waals surface area contributed by atoms with Gasteiger partial charge in [-0.25, -0.2) is 4.98 Å². The Hall–Kier alpha value is -0.830. The molecule has 1 aromatic heterocycles. The Morgan fingerprint density at radius 2 is 2.00 bits per heavy atom. The second-order valence-electron chi connectivity index (χ2n) is 2.96. The van der Waals surface area contributed by atoms with Gasteiger partial charge in [-0.3, -0.25) is 0 Å². The van der Waals surface area contributed by atoms with Crippen LogP contribution < -0.4 is 5.73 Å². The SMILES string of the molecule is NCc1ccc(Cl)c2cc(Cl)ncc12. The second-order valence-corrected chi connectivity index (χ2v) is 3.76. The van der Waals surface area contributed by atoms with Crippen LogP contribution >= 0.6 is 23.2 Å². The summed E-state index contributed by atoms with van der Waals surface area (Å²) in [6.45, 7) is 0.469. The maximum absolute atomic E-state index is 6.03. The van der Waals surface area contributed by atoms with E-state index in [0.717, 1.165) is 16.3 Å². The molecule has 2 aromatic rings. The molecule has 14 heavy (non-hydrogen) atoms. The van der Waals surface area contributed by atoms with Crippen LogP contribution in [0, 0.1) is 0 Å². The molecule has 0 fully saturated rings. The lowest BCUT2D eigenvalue weighted by Gasteiger charge is -2.05. The largest absolute Gasteiger partial charge is 0.326 e. The molecule has 0 aliphatic heterocycles. The maximum Gasteiger partial charge on any atom is 0.129 e. The number of fused-ring (bicyclic) bond motifs is 1. The van der Waals surface area contributed by atoms with Crippen molar-refractivity contribution in [3.8, 4) is 0 Å². The van der Waals surface area contributed by atoms with E-state index in [2.05, 4.69) is 4.98 Å². The fraction of sp³-hybridized carbons (Fsp3) is 0.100. The molecule has 0 amide bonds. The van der Waals surface area contributed by atoms with Gasteiger partial charge in [0.05, 0.1) is 0 Å². The van der Waals surface area contributed by atoms with Crippen LogP contribution in [0.2, 0.25) is 10.2 Å². The Morgan fingerprint density at radius 1 is 1.21 bits per heavy atom. The minimum Gasteiger partial charge on any atom is -0.326 e. The molecule has 2 rings (SSSR count). The van der Waals surface area contributed by atoms with Crippen LogP contribution in [0.5, 0.6) is 0 Å². The predicted octanol–water partition coefficient (Wildman–Crippen LogP) is 3.00. The molecule has 0 aliphatic rings. The minimum atomic E-state index is 0.438. The Labute approximate surface area is 91.6 Å². The summed E-state index contributed by atoms with van der Waals surface area (Å²) >= 11 is 11.8. The highest BCUT2D eigenvalue weighted by Gasteiger charge is 2.04. The minimum absolute atomic E-state index is 0.438. The number of halogens is 2. The third kappa shape index (κ3) is 1.57. The van der Waals surface area contributed by atoms with Gasteiger partial charge < -0.3 is 5.73 Å². The molecule has 0 aliphatic carbocycles. The van der Waals surface area contributed by atoms with Gasteiger partial charge in [-0.1, -0.05) is 29.3 Å². The quantitative estimate of drug-likeness (QED) is 0.760. The van der Waals surface area contributed by atoms with Gasteiger partial charge >= 0.3 is 0 Å². The summed E-state index contributed by atoms with van der Waals surface area (Å²) in [6.07, 6.45) is 1.70. The molecular formula is C10H8Cl2N2. The maximum atomic E-state index is 6.03. The van der Waals surface area contributed by atoms with E-state index in [0.29, 0.717) is 16.7 Å². The van der Waals surface area contributed by atoms with E-state index in [1.807, 2.05) is 12.1 Å². The highest BCUT2D eigenvalue weighted by molar-refractivity contribution is 6.36. The Kier molecular flexibility index (Phi) is 2.59. The molecule has 0 saturated carbocycles. The molecule has 0 radical (unpaired) electrons. The van der Waals surface area contributed by atoms with E-state index in [1.165, 1.54) is 0 Å². The second kappa shape index (κ2) is 3.73. The van der Waals surface area contributed by atoms with Crippen molar-refractivity contribution in [2.24, 2.45) is 5.73 Å². The first-order valence-corrected chi connectivity index (χ1v) is 4.90. The first-order chi connectivity index (χ1) is 6.72. The third-order valence-corrected chi connectivity index (χ3v) is 2.66. The lowest BCUT2D eigenvalue weighted by Crippen LogP contribution is -1.97. The summed E-state index contributed by atoms with van der Waals surface area (Å²) < 4.78 is 0. The third-order valence-electron chi connectivity index (χ3n) is 2.12. The molecule has 0 bridgehead atoms. The van der Waals surface area contributed by atoms with Crippen molar-refractivity contribution in [1.82, 2.24) is 4.98 Å². The average molecular weight is 227 g/mol. The molecule has 72 valence electrons. The highest BCUT2D eigenvalue weighted by Crippen LogP contribution is 2.27. The summed E-state index contributed by atoms with van der Waals surface area (Å²) in [5, 5.41) is 2.97. The zero-order valence-corrected chi connectivity index (χ0v) is 8.81. The number of nitrogens with two attached hydrogens (primary N) is 1. The van der Waals surface area contributed by atoms with E-state index >= 15 is 0 Å². The van der Waals surface area contributed by atoms with E-state index in [-0.39, 0.29) is 0 Å². The topological polar surface area (TPSA) is 38.9 Å². The number of hydrogen-bond acceptors (Lipinski definition) is 2. The summed E-state index contributed by atoms with van der Waals surface area (Å²) in [7, 11) is 0. The smallest absolute Gasteiger partial charge is 0.129 e. The van der Waals surface area contributed by atoms with Gasteiger partial charge in [0.2, 0.25) is 0 Å². The van der Waals surface area contributed by atoms with Crippen LogP contribution in [-0.2, 0) is 6.54 Å². The molecular weight excluding hydrogens is 219 g/mol. The van der Waals surface area contributed by atoms with Crippen molar-refractivity contribution in [2.45, 2.75) is 6.54 Å². The molecule has 2 N–H and O–H groups in total. The zero-order chi connectivity index (χ0) is 10.1. The number of aromatic nitrogens is 1. The van der Waals surface area contributed by atoms with Crippen LogP contribution in [0.25, 0.3) is 10.8 Å². The fourth-order valence-corrected chi connectivity index (χ4v) is 1.79. The number of nitrogens with zero attached hydrogens (tertiary/aromatic N) is 1. The van der Waals surface area contributed by atoms with E-state index in [4.69, 9.17) is 28.9 Å². The summed E-state index contributed by atoms with van der Waals surface area (Å²) in [6, 6.07) is 5.47. The van der Waals surface area contributed by atoms with E-state index in [9.17, 15) is 0 Å². The van der Waals surface area contributed by atoms with Crippen LogP contribution in [0.1, 0.15) is 5.56 Å². The number of hydrogen-bond donors (Lipinski definition) is 1. The van der Waals surface area contributed by atoms with Crippen molar-refractivity contribution >= 4 is 34.0 Å². The molecule has 1 heterocycles. The zero-order valence-electron chi connectivity index (χ0n) is 7.30. The van der Waals surface area contributed by atoms with Gasteiger partial charge in [0.25, 0.3) is 0 Å². The van der Waals surface area contributed by atoms with Gasteiger partial charge in [0.15, 0.2) is 0 Å². The van der Waals surface area contributed by atoms with Gasteiger partial charge in [0, 0.05) is 28.5 Å². The van der Waals surface area contributed by atoms with Crippen LogP contribution in [0.4, 0.5) is 0 Å².